The maximum Gasteiger partial charge on any atom is 0.240 e. The van der Waals surface area contributed by atoms with Crippen molar-refractivity contribution >= 4 is 5.91 Å². The highest BCUT2D eigenvalue weighted by molar-refractivity contribution is 5.86. The molecule has 0 aromatic heterocycles. The van der Waals surface area contributed by atoms with Gasteiger partial charge in [-0.3, -0.25) is 4.79 Å². The topological polar surface area (TPSA) is 61.4 Å². The van der Waals surface area contributed by atoms with Gasteiger partial charge < -0.3 is 15.7 Å². The van der Waals surface area contributed by atoms with E-state index < -0.39 is 11.1 Å². The Balaban J connectivity index is 2.46. The fourth-order valence-electron chi connectivity index (χ4n) is 2.03. The van der Waals surface area contributed by atoms with Gasteiger partial charge in [-0.1, -0.05) is 13.8 Å². The molecule has 0 spiro atoms. The third-order valence-electron chi connectivity index (χ3n) is 3.76. The van der Waals surface area contributed by atoms with Crippen molar-refractivity contribution in [3.8, 4) is 0 Å². The van der Waals surface area contributed by atoms with E-state index in [0.29, 0.717) is 19.4 Å². The highest BCUT2D eigenvalue weighted by Crippen LogP contribution is 2.19. The van der Waals surface area contributed by atoms with Crippen molar-refractivity contribution in [3.05, 3.63) is 0 Å². The van der Waals surface area contributed by atoms with Crippen LogP contribution in [0.25, 0.3) is 0 Å². The highest BCUT2D eigenvalue weighted by atomic mass is 16.3. The number of aliphatic hydroxyl groups is 1. The molecule has 1 fully saturated rings. The van der Waals surface area contributed by atoms with E-state index in [1.807, 2.05) is 20.8 Å². The van der Waals surface area contributed by atoms with Crippen molar-refractivity contribution in [1.82, 2.24) is 10.6 Å². The summed E-state index contributed by atoms with van der Waals surface area (Å²) in [6.45, 7) is 7.04. The van der Waals surface area contributed by atoms with Gasteiger partial charge in [0.25, 0.3) is 0 Å². The molecule has 1 saturated heterocycles. The summed E-state index contributed by atoms with van der Waals surface area (Å²) in [5, 5.41) is 16.1. The molecular weight excluding hydrogens is 204 g/mol. The molecule has 1 aliphatic rings. The number of carbonyl (C=O) groups excluding carboxylic acids is 1. The summed E-state index contributed by atoms with van der Waals surface area (Å²) in [7, 11) is 0. The highest BCUT2D eigenvalue weighted by Gasteiger charge is 2.36. The molecule has 0 bridgehead atoms. The van der Waals surface area contributed by atoms with Crippen molar-refractivity contribution < 1.29 is 9.90 Å². The molecule has 1 amide bonds. The Kier molecular flexibility index (Phi) is 4.33. The van der Waals surface area contributed by atoms with Gasteiger partial charge in [0.1, 0.15) is 0 Å². The number of carbonyl (C=O) groups is 1. The molecule has 1 atom stereocenters. The number of hydrogen-bond acceptors (Lipinski definition) is 3. The molecule has 1 aliphatic heterocycles. The second-order valence-electron chi connectivity index (χ2n) is 4.98. The molecule has 0 aliphatic carbocycles. The van der Waals surface area contributed by atoms with E-state index in [2.05, 4.69) is 10.6 Å². The minimum absolute atomic E-state index is 0.00493. The molecule has 0 radical (unpaired) electrons. The minimum atomic E-state index is -0.759. The van der Waals surface area contributed by atoms with Gasteiger partial charge in [0.15, 0.2) is 0 Å². The lowest BCUT2D eigenvalue weighted by molar-refractivity contribution is -0.127. The van der Waals surface area contributed by atoms with Crippen LogP contribution < -0.4 is 10.6 Å². The second-order valence-corrected chi connectivity index (χ2v) is 4.98. The molecule has 1 rings (SSSR count). The van der Waals surface area contributed by atoms with Gasteiger partial charge in [0, 0.05) is 6.54 Å². The number of nitrogens with one attached hydrogen (secondary N) is 2. The molecule has 0 saturated carbocycles. The average molecular weight is 228 g/mol. The predicted octanol–water partition coefficient (Wildman–Crippen LogP) is 0.796. The SMILES string of the molecule is CCC(O)(CC)CNC(=O)C1(C)CCCN1. The zero-order valence-electron chi connectivity index (χ0n) is 10.6. The van der Waals surface area contributed by atoms with Crippen LogP contribution in [0.3, 0.4) is 0 Å². The fraction of sp³-hybridized carbons (Fsp3) is 0.917. The first-order valence-electron chi connectivity index (χ1n) is 6.21. The molecule has 1 heterocycles. The van der Waals surface area contributed by atoms with E-state index in [1.54, 1.807) is 0 Å². The van der Waals surface area contributed by atoms with Crippen LogP contribution in [0.4, 0.5) is 0 Å². The molecule has 4 heteroatoms. The van der Waals surface area contributed by atoms with Crippen molar-refractivity contribution in [1.29, 1.82) is 0 Å². The van der Waals surface area contributed by atoms with Gasteiger partial charge in [-0.2, -0.15) is 0 Å². The van der Waals surface area contributed by atoms with Gasteiger partial charge in [-0.15, -0.1) is 0 Å². The van der Waals surface area contributed by atoms with Gasteiger partial charge in [0.05, 0.1) is 11.1 Å². The van der Waals surface area contributed by atoms with Crippen LogP contribution in [0.1, 0.15) is 46.5 Å². The molecule has 0 aromatic carbocycles. The monoisotopic (exact) mass is 228 g/mol. The van der Waals surface area contributed by atoms with E-state index in [1.165, 1.54) is 0 Å². The van der Waals surface area contributed by atoms with Crippen molar-refractivity contribution in [2.75, 3.05) is 13.1 Å². The third kappa shape index (κ3) is 2.95. The Hall–Kier alpha value is -0.610. The van der Waals surface area contributed by atoms with Crippen LogP contribution in [-0.2, 0) is 4.79 Å². The Morgan fingerprint density at radius 1 is 1.50 bits per heavy atom. The zero-order valence-corrected chi connectivity index (χ0v) is 10.6. The lowest BCUT2D eigenvalue weighted by Crippen LogP contribution is -2.54. The molecular formula is C12H24N2O2. The Morgan fingerprint density at radius 2 is 2.12 bits per heavy atom. The number of amides is 1. The summed E-state index contributed by atoms with van der Waals surface area (Å²) in [6, 6.07) is 0. The summed E-state index contributed by atoms with van der Waals surface area (Å²) in [5.41, 5.74) is -1.20. The molecule has 94 valence electrons. The molecule has 4 nitrogen and oxygen atoms in total. The summed E-state index contributed by atoms with van der Waals surface area (Å²) < 4.78 is 0. The average Bonchev–Trinajstić information content (AvgIpc) is 2.74. The first-order chi connectivity index (χ1) is 7.46. The largest absolute Gasteiger partial charge is 0.388 e. The summed E-state index contributed by atoms with van der Waals surface area (Å²) in [4.78, 5) is 12.0. The van der Waals surface area contributed by atoms with E-state index in [9.17, 15) is 9.90 Å². The second kappa shape index (κ2) is 5.15. The van der Waals surface area contributed by atoms with Gasteiger partial charge in [-0.25, -0.2) is 0 Å². The van der Waals surface area contributed by atoms with E-state index >= 15 is 0 Å². The van der Waals surface area contributed by atoms with Crippen LogP contribution in [0, 0.1) is 0 Å². The Bertz CT molecular complexity index is 243. The van der Waals surface area contributed by atoms with Crippen LogP contribution in [0.5, 0.6) is 0 Å². The van der Waals surface area contributed by atoms with E-state index in [0.717, 1.165) is 19.4 Å². The van der Waals surface area contributed by atoms with Crippen molar-refractivity contribution in [2.45, 2.75) is 57.6 Å². The first-order valence-corrected chi connectivity index (χ1v) is 6.21. The smallest absolute Gasteiger partial charge is 0.240 e. The maximum absolute atomic E-state index is 12.0. The van der Waals surface area contributed by atoms with Gasteiger partial charge in [0.2, 0.25) is 5.91 Å². The van der Waals surface area contributed by atoms with Crippen molar-refractivity contribution in [3.63, 3.8) is 0 Å². The summed E-state index contributed by atoms with van der Waals surface area (Å²) in [6.07, 6.45) is 3.23. The Labute approximate surface area is 97.8 Å². The lowest BCUT2D eigenvalue weighted by atomic mass is 9.95. The van der Waals surface area contributed by atoms with Gasteiger partial charge >= 0.3 is 0 Å². The lowest BCUT2D eigenvalue weighted by Gasteiger charge is -2.29. The quantitative estimate of drug-likeness (QED) is 0.652. The van der Waals surface area contributed by atoms with Crippen LogP contribution in [-0.4, -0.2) is 35.2 Å². The van der Waals surface area contributed by atoms with Crippen LogP contribution >= 0.6 is 0 Å². The zero-order chi connectivity index (χ0) is 12.2. The van der Waals surface area contributed by atoms with E-state index in [4.69, 9.17) is 0 Å². The first kappa shape index (κ1) is 13.5. The molecule has 3 N–H and O–H groups in total. The van der Waals surface area contributed by atoms with Crippen molar-refractivity contribution in [2.24, 2.45) is 0 Å². The van der Waals surface area contributed by atoms with Crippen LogP contribution in [0.15, 0.2) is 0 Å². The third-order valence-corrected chi connectivity index (χ3v) is 3.76. The van der Waals surface area contributed by atoms with E-state index in [-0.39, 0.29) is 5.91 Å². The predicted molar refractivity (Wildman–Crippen MR) is 64.2 cm³/mol. The summed E-state index contributed by atoms with van der Waals surface area (Å²) >= 11 is 0. The van der Waals surface area contributed by atoms with Gasteiger partial charge in [-0.05, 0) is 39.2 Å². The molecule has 0 aromatic rings. The minimum Gasteiger partial charge on any atom is -0.388 e. The Morgan fingerprint density at radius 3 is 2.56 bits per heavy atom. The standard InChI is InChI=1S/C12H24N2O2/c1-4-12(16,5-2)9-13-10(15)11(3)7-6-8-14-11/h14,16H,4-9H2,1-3H3,(H,13,15). The summed E-state index contributed by atoms with van der Waals surface area (Å²) in [5.74, 6) is 0.00493. The number of rotatable bonds is 5. The molecule has 1 unspecified atom stereocenters. The normalized spacial score (nSPS) is 25.8. The van der Waals surface area contributed by atoms with Crippen LogP contribution in [0.2, 0.25) is 0 Å². The fourth-order valence-corrected chi connectivity index (χ4v) is 2.03. The molecule has 16 heavy (non-hydrogen) atoms. The number of hydrogen-bond donors (Lipinski definition) is 3. The maximum atomic E-state index is 12.0.